The van der Waals surface area contributed by atoms with Gasteiger partial charge in [-0.2, -0.15) is 0 Å². The molecule has 0 aromatic carbocycles. The first-order valence-electron chi connectivity index (χ1n) is 1.68. The van der Waals surface area contributed by atoms with Crippen LogP contribution in [0.15, 0.2) is 0 Å². The van der Waals surface area contributed by atoms with Crippen molar-refractivity contribution >= 4 is 0 Å². The number of quaternary nitrogens is 1. The molecule has 0 spiro atoms. The van der Waals surface area contributed by atoms with E-state index in [1.807, 2.05) is 0 Å². The van der Waals surface area contributed by atoms with Crippen molar-refractivity contribution in [2.24, 2.45) is 0 Å². The fourth-order valence-electron chi connectivity index (χ4n) is 0.117. The van der Waals surface area contributed by atoms with Crippen molar-refractivity contribution < 1.29 is 25.3 Å². The van der Waals surface area contributed by atoms with Crippen molar-refractivity contribution in [1.29, 1.82) is 0 Å². The van der Waals surface area contributed by atoms with Gasteiger partial charge in [-0.05, 0) is 4.94 Å². The molecule has 0 aliphatic rings. The van der Waals surface area contributed by atoms with Gasteiger partial charge in [-0.1, -0.05) is 0 Å². The molecule has 0 fully saturated rings. The van der Waals surface area contributed by atoms with Crippen molar-refractivity contribution in [3.05, 3.63) is 25.4 Å². The molecule has 0 saturated heterocycles. The lowest BCUT2D eigenvalue weighted by molar-refractivity contribution is -1.54. The highest BCUT2D eigenvalue weighted by molar-refractivity contribution is 3.93. The summed E-state index contributed by atoms with van der Waals surface area (Å²) in [6.07, 6.45) is 0. The first-order valence-corrected chi connectivity index (χ1v) is 1.68. The van der Waals surface area contributed by atoms with Crippen LogP contribution < -0.4 is 0 Å². The van der Waals surface area contributed by atoms with Crippen LogP contribution in [0.2, 0.25) is 0 Å². The maximum Gasteiger partial charge on any atom is 0.349 e. The van der Waals surface area contributed by atoms with Crippen molar-refractivity contribution in [3.8, 4) is 0 Å². The summed E-state index contributed by atoms with van der Waals surface area (Å²) in [5, 5.41) is 28.8. The highest BCUT2D eigenvalue weighted by Gasteiger charge is 2.34. The zero-order valence-electron chi connectivity index (χ0n) is 4.24. The number of nitrogens with zero attached hydrogens (tertiary/aromatic N) is 3. The molecule has 10 nitrogen and oxygen atoms in total. The highest BCUT2D eigenvalue weighted by Crippen LogP contribution is 1.98. The first-order chi connectivity index (χ1) is 4.36. The molecule has 10 heavy (non-hydrogen) atoms. The molecule has 0 bridgehead atoms. The fraction of sp³-hybridized carbons (Fsp3) is 0. The van der Waals surface area contributed by atoms with Gasteiger partial charge in [0.15, 0.2) is 0 Å². The quantitative estimate of drug-likeness (QED) is 0.313. The minimum atomic E-state index is -3.59. The number of rotatable bonds is 3. The fourth-order valence-corrected chi connectivity index (χ4v) is 0.117. The van der Waals surface area contributed by atoms with E-state index in [4.69, 9.17) is 5.21 Å². The minimum Gasteiger partial charge on any atom is -0.494 e. The molecule has 0 aromatic heterocycles. The molecule has 58 valence electrons. The summed E-state index contributed by atoms with van der Waals surface area (Å²) in [4.78, 5) is 21.2. The SMILES string of the molecule is O=[N+]([O-])O[N+]([O-])(O)[N+](=O)[O-]. The van der Waals surface area contributed by atoms with Crippen molar-refractivity contribution in [3.63, 3.8) is 0 Å². The van der Waals surface area contributed by atoms with Crippen molar-refractivity contribution in [2.75, 3.05) is 0 Å². The van der Waals surface area contributed by atoms with Gasteiger partial charge in [0, 0.05) is 0 Å². The summed E-state index contributed by atoms with van der Waals surface area (Å²) in [6, 6.07) is 0. The summed E-state index contributed by atoms with van der Waals surface area (Å²) in [7, 11) is 0. The Hall–Kier alpha value is -1.52. The van der Waals surface area contributed by atoms with Crippen molar-refractivity contribution in [2.45, 2.75) is 0 Å². The smallest absolute Gasteiger partial charge is 0.349 e. The lowest BCUT2D eigenvalue weighted by Gasteiger charge is -2.11. The summed E-state index contributed by atoms with van der Waals surface area (Å²) in [5.74, 6) is 0. The van der Waals surface area contributed by atoms with Gasteiger partial charge in [-0.15, -0.1) is 15.3 Å². The predicted octanol–water partition coefficient (Wildman–Crippen LogP) is -0.995. The maximum absolute atomic E-state index is 9.74. The average Bonchev–Trinajstić information content (AvgIpc) is 1.60. The third-order valence-electron chi connectivity index (χ3n) is 0.379. The van der Waals surface area contributed by atoms with E-state index in [1.165, 1.54) is 0 Å². The second-order valence-electron chi connectivity index (χ2n) is 1.03. The van der Waals surface area contributed by atoms with Crippen LogP contribution in [0.3, 0.4) is 0 Å². The van der Waals surface area contributed by atoms with Gasteiger partial charge in [0.05, 0.1) is 0 Å². The van der Waals surface area contributed by atoms with Crippen LogP contribution >= 0.6 is 0 Å². The van der Waals surface area contributed by atoms with E-state index >= 15 is 0 Å². The average molecular weight is 155 g/mol. The summed E-state index contributed by atoms with van der Waals surface area (Å²) >= 11 is 0. The monoisotopic (exact) mass is 155 g/mol. The van der Waals surface area contributed by atoms with Crippen LogP contribution in [0, 0.1) is 25.4 Å². The third-order valence-corrected chi connectivity index (χ3v) is 0.379. The second kappa shape index (κ2) is 2.38. The van der Waals surface area contributed by atoms with E-state index in [-0.39, 0.29) is 0 Å². The van der Waals surface area contributed by atoms with E-state index in [1.54, 1.807) is 0 Å². The zero-order chi connectivity index (χ0) is 8.36. The first kappa shape index (κ1) is 8.48. The summed E-state index contributed by atoms with van der Waals surface area (Å²) < 4.78 is 0. The molecule has 1 unspecified atom stereocenters. The van der Waals surface area contributed by atoms with Gasteiger partial charge in [0.1, 0.15) is 0 Å². The van der Waals surface area contributed by atoms with Gasteiger partial charge in [0.2, 0.25) is 0 Å². The molecule has 0 heterocycles. The van der Waals surface area contributed by atoms with Crippen LogP contribution in [0.1, 0.15) is 0 Å². The van der Waals surface area contributed by atoms with Crippen molar-refractivity contribution in [1.82, 2.24) is 0 Å². The topological polar surface area (TPSA) is 139 Å². The Morgan fingerprint density at radius 2 is 1.80 bits per heavy atom. The second-order valence-corrected chi connectivity index (χ2v) is 1.03. The van der Waals surface area contributed by atoms with Gasteiger partial charge >= 0.3 is 10.1 Å². The third kappa shape index (κ3) is 2.17. The Kier molecular flexibility index (Phi) is 2.02. The van der Waals surface area contributed by atoms with E-state index in [2.05, 4.69) is 4.94 Å². The Labute approximate surface area is 52.1 Å². The van der Waals surface area contributed by atoms with Gasteiger partial charge < -0.3 is 5.21 Å². The minimum absolute atomic E-state index is 1.78. The largest absolute Gasteiger partial charge is 0.494 e. The van der Waals surface area contributed by atoms with Gasteiger partial charge in [-0.25, -0.2) is 10.1 Å². The van der Waals surface area contributed by atoms with Crippen LogP contribution in [-0.4, -0.2) is 20.4 Å². The Balaban J connectivity index is 4.13. The lowest BCUT2D eigenvalue weighted by Crippen LogP contribution is -2.45. The molecule has 10 heteroatoms. The van der Waals surface area contributed by atoms with E-state index < -0.39 is 15.2 Å². The number of hydrogen-bond acceptors (Lipinski definition) is 7. The molecular formula is HN3O7. The summed E-state index contributed by atoms with van der Waals surface area (Å²) in [5.41, 5.74) is 0. The number of nitro groups is 1. The molecule has 0 rings (SSSR count). The van der Waals surface area contributed by atoms with Crippen LogP contribution in [0.5, 0.6) is 0 Å². The standard InChI is InChI=1S/HN3O7/c4-1(5)3(8,9)10-2(6)7/h8H. The van der Waals surface area contributed by atoms with E-state index in [0.717, 1.165) is 0 Å². The van der Waals surface area contributed by atoms with Gasteiger partial charge in [0.25, 0.3) is 5.08 Å². The Morgan fingerprint density at radius 1 is 1.40 bits per heavy atom. The van der Waals surface area contributed by atoms with Crippen LogP contribution in [0.25, 0.3) is 0 Å². The van der Waals surface area contributed by atoms with E-state index in [0.29, 0.717) is 0 Å². The molecular weight excluding hydrogens is 154 g/mol. The molecule has 0 aliphatic heterocycles. The molecule has 0 aliphatic carbocycles. The Bertz CT molecular complexity index is 158. The molecule has 1 N–H and O–H groups in total. The highest BCUT2D eigenvalue weighted by atomic mass is 17.3. The zero-order valence-corrected chi connectivity index (χ0v) is 4.24. The van der Waals surface area contributed by atoms with E-state index in [9.17, 15) is 25.4 Å². The number of hydrogen-bond donors (Lipinski definition) is 1. The molecule has 0 amide bonds. The normalized spacial score (nSPS) is 15.4. The Morgan fingerprint density at radius 3 is 1.90 bits per heavy atom. The predicted molar refractivity (Wildman–Crippen MR) is 20.5 cm³/mol. The molecule has 0 radical (unpaired) electrons. The maximum atomic E-state index is 9.74. The molecule has 1 atom stereocenters. The van der Waals surface area contributed by atoms with Crippen LogP contribution in [0.4, 0.5) is 0 Å². The molecule has 0 aromatic rings. The van der Waals surface area contributed by atoms with Crippen LogP contribution in [-0.2, 0) is 4.94 Å². The lowest BCUT2D eigenvalue weighted by atomic mass is 12.3. The summed E-state index contributed by atoms with van der Waals surface area (Å²) in [6.45, 7) is 0. The van der Waals surface area contributed by atoms with Gasteiger partial charge in [-0.3, -0.25) is 0 Å². The molecule has 0 saturated carbocycles.